The predicted molar refractivity (Wildman–Crippen MR) is 68.6 cm³/mol. The number of hydrogen-bond acceptors (Lipinski definition) is 1. The fourth-order valence-corrected chi connectivity index (χ4v) is 2.68. The van der Waals surface area contributed by atoms with Crippen molar-refractivity contribution in [1.82, 2.24) is 5.32 Å². The Balaban J connectivity index is 2.20. The van der Waals surface area contributed by atoms with Gasteiger partial charge in [0.25, 0.3) is 0 Å². The van der Waals surface area contributed by atoms with Crippen LogP contribution in [0.15, 0.2) is 22.7 Å². The summed E-state index contributed by atoms with van der Waals surface area (Å²) in [6.07, 6.45) is 2.26. The summed E-state index contributed by atoms with van der Waals surface area (Å²) >= 11 is 9.57. The molecule has 16 heavy (non-hydrogen) atoms. The Hall–Kier alpha value is -0.540. The van der Waals surface area contributed by atoms with Gasteiger partial charge < -0.3 is 5.32 Å². The summed E-state index contributed by atoms with van der Waals surface area (Å²) in [6.45, 7) is 2.06. The highest BCUT2D eigenvalue weighted by Crippen LogP contribution is 2.29. The van der Waals surface area contributed by atoms with Crippen LogP contribution in [0.25, 0.3) is 0 Å². The molecule has 0 bridgehead atoms. The second-order valence-corrected chi connectivity index (χ2v) is 5.84. The Morgan fingerprint density at radius 2 is 2.31 bits per heavy atom. The number of nitrogens with one attached hydrogen (secondary N) is 1. The van der Waals surface area contributed by atoms with Gasteiger partial charge in [-0.05, 0) is 43.5 Å². The zero-order chi connectivity index (χ0) is 11.8. The molecule has 2 nitrogen and oxygen atoms in total. The molecule has 1 aromatic rings. The molecule has 1 N–H and O–H groups in total. The lowest BCUT2D eigenvalue weighted by molar-refractivity contribution is -0.119. The van der Waals surface area contributed by atoms with Crippen LogP contribution in [0.5, 0.6) is 0 Å². The molecule has 2 rings (SSSR count). The minimum Gasteiger partial charge on any atom is -0.351 e. The highest BCUT2D eigenvalue weighted by molar-refractivity contribution is 9.10. The highest BCUT2D eigenvalue weighted by Gasteiger charge is 2.33. The molecule has 86 valence electrons. The lowest BCUT2D eigenvalue weighted by Gasteiger charge is -2.24. The van der Waals surface area contributed by atoms with Gasteiger partial charge in [0.1, 0.15) is 0 Å². The molecule has 1 heterocycles. The van der Waals surface area contributed by atoms with Crippen molar-refractivity contribution in [2.45, 2.75) is 31.7 Å². The molecule has 1 amide bonds. The summed E-state index contributed by atoms with van der Waals surface area (Å²) in [5, 5.41) is 3.77. The summed E-state index contributed by atoms with van der Waals surface area (Å²) in [6, 6.07) is 5.81. The highest BCUT2D eigenvalue weighted by atomic mass is 79.9. The molecule has 1 aromatic carbocycles. The molecular weight excluding hydrogens is 289 g/mol. The summed E-state index contributed by atoms with van der Waals surface area (Å²) < 4.78 is 1.01. The third kappa shape index (κ3) is 2.58. The first kappa shape index (κ1) is 11.9. The van der Waals surface area contributed by atoms with E-state index in [1.165, 1.54) is 0 Å². The van der Waals surface area contributed by atoms with Crippen LogP contribution in [-0.2, 0) is 11.2 Å². The third-order valence-corrected chi connectivity index (χ3v) is 3.80. The molecule has 4 heteroatoms. The second kappa shape index (κ2) is 4.38. The molecule has 1 atom stereocenters. The number of carbonyl (C=O) groups is 1. The quantitative estimate of drug-likeness (QED) is 0.892. The smallest absolute Gasteiger partial charge is 0.220 e. The molecule has 0 radical (unpaired) electrons. The number of amides is 1. The van der Waals surface area contributed by atoms with Gasteiger partial charge in [0.05, 0.1) is 0 Å². The number of hydrogen-bond donors (Lipinski definition) is 1. The van der Waals surface area contributed by atoms with Crippen molar-refractivity contribution < 1.29 is 4.79 Å². The van der Waals surface area contributed by atoms with Crippen molar-refractivity contribution in [1.29, 1.82) is 0 Å². The molecule has 0 aromatic heterocycles. The maximum Gasteiger partial charge on any atom is 0.220 e. The van der Waals surface area contributed by atoms with Gasteiger partial charge in [0, 0.05) is 21.5 Å². The van der Waals surface area contributed by atoms with Gasteiger partial charge in [-0.2, -0.15) is 0 Å². The average Bonchev–Trinajstić information content (AvgIpc) is 2.52. The Morgan fingerprint density at radius 1 is 1.56 bits per heavy atom. The summed E-state index contributed by atoms with van der Waals surface area (Å²) in [5.74, 6) is 0.133. The molecule has 0 saturated carbocycles. The van der Waals surface area contributed by atoms with Gasteiger partial charge in [-0.15, -0.1) is 0 Å². The van der Waals surface area contributed by atoms with Crippen molar-refractivity contribution in [2.75, 3.05) is 0 Å². The van der Waals surface area contributed by atoms with Gasteiger partial charge in [-0.25, -0.2) is 0 Å². The van der Waals surface area contributed by atoms with Crippen LogP contribution in [0, 0.1) is 0 Å². The number of halogens is 2. The van der Waals surface area contributed by atoms with Crippen molar-refractivity contribution in [2.24, 2.45) is 0 Å². The first-order valence-corrected chi connectivity index (χ1v) is 6.41. The van der Waals surface area contributed by atoms with Crippen LogP contribution in [0.4, 0.5) is 0 Å². The summed E-state index contributed by atoms with van der Waals surface area (Å²) in [5.41, 5.74) is 0.919. The van der Waals surface area contributed by atoms with Crippen molar-refractivity contribution in [3.8, 4) is 0 Å². The summed E-state index contributed by atoms with van der Waals surface area (Å²) in [4.78, 5) is 11.2. The van der Waals surface area contributed by atoms with E-state index in [1.807, 2.05) is 18.2 Å². The van der Waals surface area contributed by atoms with Gasteiger partial charge in [0.2, 0.25) is 5.91 Å². The first-order chi connectivity index (χ1) is 7.48. The van der Waals surface area contributed by atoms with E-state index in [4.69, 9.17) is 11.6 Å². The Bertz CT molecular complexity index is 435. The van der Waals surface area contributed by atoms with E-state index in [-0.39, 0.29) is 11.4 Å². The first-order valence-electron chi connectivity index (χ1n) is 5.23. The van der Waals surface area contributed by atoms with E-state index in [0.29, 0.717) is 6.42 Å². The lowest BCUT2D eigenvalue weighted by Crippen LogP contribution is -2.40. The van der Waals surface area contributed by atoms with Crippen LogP contribution >= 0.6 is 27.5 Å². The molecule has 1 aliphatic rings. The average molecular weight is 303 g/mol. The van der Waals surface area contributed by atoms with E-state index in [0.717, 1.165) is 27.9 Å². The number of carbonyl (C=O) groups excluding carboxylic acids is 1. The molecule has 0 aliphatic carbocycles. The third-order valence-electron chi connectivity index (χ3n) is 2.93. The largest absolute Gasteiger partial charge is 0.351 e. The van der Waals surface area contributed by atoms with E-state index >= 15 is 0 Å². The lowest BCUT2D eigenvalue weighted by atomic mass is 9.91. The van der Waals surface area contributed by atoms with Crippen molar-refractivity contribution >= 4 is 33.4 Å². The monoisotopic (exact) mass is 301 g/mol. The van der Waals surface area contributed by atoms with E-state index in [2.05, 4.69) is 28.2 Å². The maximum atomic E-state index is 11.2. The van der Waals surface area contributed by atoms with E-state index in [9.17, 15) is 4.79 Å². The zero-order valence-corrected chi connectivity index (χ0v) is 11.4. The zero-order valence-electron chi connectivity index (χ0n) is 9.02. The Kier molecular flexibility index (Phi) is 3.27. The predicted octanol–water partition coefficient (Wildman–Crippen LogP) is 3.31. The second-order valence-electron chi connectivity index (χ2n) is 4.52. The molecule has 1 aliphatic heterocycles. The molecular formula is C12H13BrClNO. The van der Waals surface area contributed by atoms with Gasteiger partial charge in [-0.1, -0.05) is 27.5 Å². The number of rotatable bonds is 2. The standard InChI is InChI=1S/C12H13BrClNO/c1-12(5-4-11(16)15-12)7-8-6-9(13)2-3-10(8)14/h2-3,6H,4-5,7H2,1H3,(H,15,16). The van der Waals surface area contributed by atoms with Crippen LogP contribution in [0.3, 0.4) is 0 Å². The number of benzene rings is 1. The SMILES string of the molecule is CC1(Cc2cc(Br)ccc2Cl)CCC(=O)N1. The van der Waals surface area contributed by atoms with Crippen LogP contribution in [-0.4, -0.2) is 11.4 Å². The minimum absolute atomic E-state index is 0.133. The molecule has 0 spiro atoms. The normalized spacial score (nSPS) is 24.6. The van der Waals surface area contributed by atoms with Crippen LogP contribution in [0.2, 0.25) is 5.02 Å². The van der Waals surface area contributed by atoms with E-state index in [1.54, 1.807) is 0 Å². The fraction of sp³-hybridized carbons (Fsp3) is 0.417. The fourth-order valence-electron chi connectivity index (χ4n) is 2.08. The topological polar surface area (TPSA) is 29.1 Å². The molecule has 1 fully saturated rings. The van der Waals surface area contributed by atoms with Crippen molar-refractivity contribution in [3.05, 3.63) is 33.3 Å². The summed E-state index contributed by atoms with van der Waals surface area (Å²) in [7, 11) is 0. The van der Waals surface area contributed by atoms with Crippen LogP contribution in [0.1, 0.15) is 25.3 Å². The van der Waals surface area contributed by atoms with E-state index < -0.39 is 0 Å². The van der Waals surface area contributed by atoms with Crippen molar-refractivity contribution in [3.63, 3.8) is 0 Å². The molecule has 1 unspecified atom stereocenters. The van der Waals surface area contributed by atoms with Crippen LogP contribution < -0.4 is 5.32 Å². The Morgan fingerprint density at radius 3 is 2.94 bits per heavy atom. The molecule has 1 saturated heterocycles. The Labute approximate surface area is 108 Å². The minimum atomic E-state index is -0.151. The van der Waals surface area contributed by atoms with Gasteiger partial charge >= 0.3 is 0 Å². The maximum absolute atomic E-state index is 11.2. The van der Waals surface area contributed by atoms with Gasteiger partial charge in [0.15, 0.2) is 0 Å². The van der Waals surface area contributed by atoms with Gasteiger partial charge in [-0.3, -0.25) is 4.79 Å².